The minimum atomic E-state index is -0.236. The molecule has 76 valence electrons. The maximum absolute atomic E-state index is 13.7. The Morgan fingerprint density at radius 1 is 1.20 bits per heavy atom. The van der Waals surface area contributed by atoms with Crippen LogP contribution in [0.25, 0.3) is 11.1 Å². The molecule has 1 nitrogen and oxygen atoms in total. The summed E-state index contributed by atoms with van der Waals surface area (Å²) in [5, 5.41) is 0. The van der Waals surface area contributed by atoms with Crippen LogP contribution in [0.5, 0.6) is 0 Å². The normalized spacial score (nSPS) is 10.3. The van der Waals surface area contributed by atoms with E-state index in [4.69, 9.17) is 0 Å². The number of hydrogen-bond donors (Lipinski definition) is 0. The van der Waals surface area contributed by atoms with E-state index >= 15 is 0 Å². The van der Waals surface area contributed by atoms with Gasteiger partial charge in [-0.1, -0.05) is 22.0 Å². The van der Waals surface area contributed by atoms with Gasteiger partial charge in [-0.05, 0) is 30.7 Å². The van der Waals surface area contributed by atoms with Crippen molar-refractivity contribution >= 4 is 15.9 Å². The monoisotopic (exact) mass is 265 g/mol. The molecule has 0 saturated heterocycles. The van der Waals surface area contributed by atoms with Gasteiger partial charge < -0.3 is 0 Å². The maximum atomic E-state index is 13.7. The van der Waals surface area contributed by atoms with Crippen LogP contribution < -0.4 is 0 Å². The highest BCUT2D eigenvalue weighted by Crippen LogP contribution is 2.27. The number of nitrogens with zero attached hydrogens (tertiary/aromatic N) is 1. The molecule has 0 unspecified atom stereocenters. The molecule has 2 aromatic rings. The van der Waals surface area contributed by atoms with Crippen molar-refractivity contribution in [3.63, 3.8) is 0 Å². The van der Waals surface area contributed by atoms with Crippen molar-refractivity contribution in [2.75, 3.05) is 0 Å². The summed E-state index contributed by atoms with van der Waals surface area (Å²) in [5.41, 5.74) is 2.44. The number of rotatable bonds is 1. The van der Waals surface area contributed by atoms with E-state index in [1.807, 2.05) is 19.1 Å². The Bertz CT molecular complexity index is 497. The topological polar surface area (TPSA) is 12.9 Å². The van der Waals surface area contributed by atoms with E-state index in [9.17, 15) is 4.39 Å². The third kappa shape index (κ3) is 2.07. The highest BCUT2D eigenvalue weighted by atomic mass is 79.9. The molecule has 1 aromatic carbocycles. The lowest BCUT2D eigenvalue weighted by Crippen LogP contribution is -1.88. The molecule has 0 aliphatic rings. The zero-order chi connectivity index (χ0) is 10.8. The number of halogens is 2. The summed E-state index contributed by atoms with van der Waals surface area (Å²) in [4.78, 5) is 4.01. The van der Waals surface area contributed by atoms with Crippen molar-refractivity contribution in [1.29, 1.82) is 0 Å². The van der Waals surface area contributed by atoms with Gasteiger partial charge in [0.2, 0.25) is 0 Å². The van der Waals surface area contributed by atoms with E-state index in [0.29, 0.717) is 5.56 Å². The third-order valence-electron chi connectivity index (χ3n) is 2.26. The molecule has 2 rings (SSSR count). The smallest absolute Gasteiger partial charge is 0.132 e. The van der Waals surface area contributed by atoms with Gasteiger partial charge in [-0.3, -0.25) is 4.98 Å². The van der Waals surface area contributed by atoms with Crippen molar-refractivity contribution in [3.05, 3.63) is 52.5 Å². The quantitative estimate of drug-likeness (QED) is 0.761. The molecule has 1 heterocycles. The van der Waals surface area contributed by atoms with Crippen LogP contribution in [0.1, 0.15) is 5.56 Å². The summed E-state index contributed by atoms with van der Waals surface area (Å²) in [7, 11) is 0. The van der Waals surface area contributed by atoms with Crippen LogP contribution in [0.15, 0.2) is 41.1 Å². The van der Waals surface area contributed by atoms with Gasteiger partial charge >= 0.3 is 0 Å². The van der Waals surface area contributed by atoms with Gasteiger partial charge in [0.25, 0.3) is 0 Å². The number of pyridine rings is 1. The van der Waals surface area contributed by atoms with Gasteiger partial charge in [-0.25, -0.2) is 4.39 Å². The molecule has 0 radical (unpaired) electrons. The zero-order valence-electron chi connectivity index (χ0n) is 8.17. The van der Waals surface area contributed by atoms with Crippen LogP contribution in [0.3, 0.4) is 0 Å². The van der Waals surface area contributed by atoms with Gasteiger partial charge in [0.1, 0.15) is 5.82 Å². The lowest BCUT2D eigenvalue weighted by Gasteiger charge is -2.06. The van der Waals surface area contributed by atoms with E-state index in [0.717, 1.165) is 15.6 Å². The number of aryl methyl sites for hydroxylation is 1. The van der Waals surface area contributed by atoms with Crippen molar-refractivity contribution < 1.29 is 4.39 Å². The van der Waals surface area contributed by atoms with Crippen LogP contribution in [0, 0.1) is 12.7 Å². The fourth-order valence-corrected chi connectivity index (χ4v) is 1.79. The molecule has 0 N–H and O–H groups in total. The largest absolute Gasteiger partial charge is 0.264 e. The van der Waals surface area contributed by atoms with E-state index in [-0.39, 0.29) is 5.82 Å². The second-order valence-electron chi connectivity index (χ2n) is 3.31. The van der Waals surface area contributed by atoms with E-state index in [1.54, 1.807) is 18.5 Å². The standard InChI is InChI=1S/C12H9BrFN/c1-8-4-5-15-7-11(8)10-3-2-9(13)6-12(10)14/h2-7H,1H3. The summed E-state index contributed by atoms with van der Waals surface area (Å²) < 4.78 is 14.4. The van der Waals surface area contributed by atoms with Crippen LogP contribution in [0.2, 0.25) is 0 Å². The number of benzene rings is 1. The maximum Gasteiger partial charge on any atom is 0.132 e. The molecule has 0 saturated carbocycles. The summed E-state index contributed by atoms with van der Waals surface area (Å²) in [6, 6.07) is 6.91. The fraction of sp³-hybridized carbons (Fsp3) is 0.0833. The molecule has 0 atom stereocenters. The highest BCUT2D eigenvalue weighted by molar-refractivity contribution is 9.10. The SMILES string of the molecule is Cc1ccncc1-c1ccc(Br)cc1F. The molecule has 15 heavy (non-hydrogen) atoms. The molecule has 0 aliphatic heterocycles. The van der Waals surface area contributed by atoms with Gasteiger partial charge in [0, 0.05) is 28.0 Å². The van der Waals surface area contributed by atoms with Gasteiger partial charge in [-0.15, -0.1) is 0 Å². The van der Waals surface area contributed by atoms with E-state index < -0.39 is 0 Å². The van der Waals surface area contributed by atoms with E-state index in [1.165, 1.54) is 6.07 Å². The average molecular weight is 266 g/mol. The molecular weight excluding hydrogens is 257 g/mol. The molecule has 0 bridgehead atoms. The molecule has 3 heteroatoms. The molecule has 0 fully saturated rings. The second-order valence-corrected chi connectivity index (χ2v) is 4.23. The summed E-state index contributed by atoms with van der Waals surface area (Å²) in [6.07, 6.45) is 3.39. The first-order valence-corrected chi connectivity index (χ1v) is 5.34. The van der Waals surface area contributed by atoms with Crippen molar-refractivity contribution in [3.8, 4) is 11.1 Å². The summed E-state index contributed by atoms with van der Waals surface area (Å²) in [5.74, 6) is -0.236. The Labute approximate surface area is 96.1 Å². The van der Waals surface area contributed by atoms with Crippen LogP contribution in [-0.2, 0) is 0 Å². The predicted octanol–water partition coefficient (Wildman–Crippen LogP) is 3.96. The summed E-state index contributed by atoms with van der Waals surface area (Å²) in [6.45, 7) is 1.94. The first-order valence-electron chi connectivity index (χ1n) is 4.54. The lowest BCUT2D eigenvalue weighted by molar-refractivity contribution is 0.630. The Morgan fingerprint density at radius 2 is 2.00 bits per heavy atom. The lowest BCUT2D eigenvalue weighted by atomic mass is 10.0. The van der Waals surface area contributed by atoms with E-state index in [2.05, 4.69) is 20.9 Å². The molecule has 1 aromatic heterocycles. The highest BCUT2D eigenvalue weighted by Gasteiger charge is 2.07. The van der Waals surface area contributed by atoms with Crippen LogP contribution >= 0.6 is 15.9 Å². The van der Waals surface area contributed by atoms with Crippen LogP contribution in [-0.4, -0.2) is 4.98 Å². The minimum Gasteiger partial charge on any atom is -0.264 e. The van der Waals surface area contributed by atoms with Crippen molar-refractivity contribution in [1.82, 2.24) is 4.98 Å². The van der Waals surface area contributed by atoms with Gasteiger partial charge in [0.15, 0.2) is 0 Å². The summed E-state index contributed by atoms with van der Waals surface area (Å²) >= 11 is 3.23. The van der Waals surface area contributed by atoms with Gasteiger partial charge in [0.05, 0.1) is 0 Å². The van der Waals surface area contributed by atoms with Crippen LogP contribution in [0.4, 0.5) is 4.39 Å². The predicted molar refractivity (Wildman–Crippen MR) is 62.1 cm³/mol. The molecule has 0 spiro atoms. The minimum absolute atomic E-state index is 0.236. The van der Waals surface area contributed by atoms with Crippen molar-refractivity contribution in [2.45, 2.75) is 6.92 Å². The molecular formula is C12H9BrFN. The number of aromatic nitrogens is 1. The Hall–Kier alpha value is -1.22. The molecule has 0 aliphatic carbocycles. The zero-order valence-corrected chi connectivity index (χ0v) is 9.75. The molecule has 0 amide bonds. The van der Waals surface area contributed by atoms with Crippen molar-refractivity contribution in [2.24, 2.45) is 0 Å². The first-order chi connectivity index (χ1) is 7.18. The number of hydrogen-bond acceptors (Lipinski definition) is 1. The average Bonchev–Trinajstić information content (AvgIpc) is 2.20. The van der Waals surface area contributed by atoms with Gasteiger partial charge in [-0.2, -0.15) is 0 Å². The Morgan fingerprint density at radius 3 is 2.67 bits per heavy atom. The fourth-order valence-electron chi connectivity index (χ4n) is 1.45. The Kier molecular flexibility index (Phi) is 2.82. The Balaban J connectivity index is 2.60. The first kappa shape index (κ1) is 10.3. The second kappa shape index (κ2) is 4.11. The third-order valence-corrected chi connectivity index (χ3v) is 2.75.